The highest BCUT2D eigenvalue weighted by atomic mass is 31.3. The van der Waals surface area contributed by atoms with Gasteiger partial charge in [0.25, 0.3) is 0 Å². The molecule has 0 radical (unpaired) electrons. The van der Waals surface area contributed by atoms with Gasteiger partial charge in [-0.25, -0.2) is 9.13 Å². The number of nitrogens with zero attached hydrogens (tertiary/aromatic N) is 2. The fourth-order valence-electron chi connectivity index (χ4n) is 5.87. The minimum absolute atomic E-state index is 0.000409. The smallest absolute Gasteiger partial charge is 0.326 e. The van der Waals surface area contributed by atoms with Crippen molar-refractivity contribution in [3.05, 3.63) is 215 Å². The molecule has 0 atom stereocenters. The van der Waals surface area contributed by atoms with Crippen LogP contribution in [-0.4, -0.2) is 8.88 Å². The topological polar surface area (TPSA) is 86.8 Å². The molecule has 55 heavy (non-hydrogen) atoms. The van der Waals surface area contributed by atoms with Crippen molar-refractivity contribution in [2.24, 2.45) is 0 Å². The predicted molar refractivity (Wildman–Crippen MR) is 216 cm³/mol. The Kier molecular flexibility index (Phi) is 13.7. The van der Waals surface area contributed by atoms with Gasteiger partial charge in [0.15, 0.2) is 0 Å². The minimum atomic E-state index is -4.28. The molecule has 1 aliphatic rings. The number of hydrogen-bond donors (Lipinski definition) is 0. The maximum absolute atomic E-state index is 15.8. The van der Waals surface area contributed by atoms with Crippen molar-refractivity contribution in [2.45, 2.75) is 46.1 Å². The molecule has 0 aliphatic carbocycles. The fraction of sp³-hybridized carbons (Fsp3) is 0.163. The van der Waals surface area contributed by atoms with E-state index < -0.39 is 23.9 Å². The van der Waals surface area contributed by atoms with Gasteiger partial charge in [0, 0.05) is 13.1 Å². The maximum Gasteiger partial charge on any atom is 0.415 e. The quantitative estimate of drug-likeness (QED) is 0.0838. The van der Waals surface area contributed by atoms with Crippen LogP contribution in [-0.2, 0) is 77.9 Å². The van der Waals surface area contributed by atoms with E-state index in [0.29, 0.717) is 0 Å². The van der Waals surface area contributed by atoms with Gasteiger partial charge in [0.05, 0.1) is 33.0 Å². The van der Waals surface area contributed by atoms with E-state index in [1.165, 1.54) is 0 Å². The van der Waals surface area contributed by atoms with E-state index in [0.717, 1.165) is 38.9 Å². The van der Waals surface area contributed by atoms with E-state index in [-0.39, 0.29) is 46.1 Å². The van der Waals surface area contributed by atoms with Gasteiger partial charge in [-0.3, -0.25) is 18.1 Å². The normalized spacial score (nSPS) is 14.3. The third-order valence-electron chi connectivity index (χ3n) is 8.84. The summed E-state index contributed by atoms with van der Waals surface area (Å²) in [4.78, 5) is 0. The Bertz CT molecular complexity index is 1940. The first-order chi connectivity index (χ1) is 27.0. The monoisotopic (exact) mass is 792 g/mol. The standard InChI is InChI=1S/C43H43N2O7P3/c46-54(49-33-38-20-8-2-9-21-38,50-34-39-22-10-3-11-23-39)44-30-42-28-16-17-29-43(42)31-45(53(44)48-32-37-18-6-1-7-19-37)55(47,51-35-40-24-12-4-13-25-40)52-36-41-26-14-5-15-27-41/h1-29H,30-36H2. The van der Waals surface area contributed by atoms with Crippen LogP contribution in [0.3, 0.4) is 0 Å². The molecule has 12 heteroatoms. The van der Waals surface area contributed by atoms with Crippen LogP contribution in [0.1, 0.15) is 38.9 Å². The Hall–Kier alpha value is -4.07. The molecule has 0 N–H and O–H groups in total. The third-order valence-corrected chi connectivity index (χ3v) is 15.7. The molecule has 1 heterocycles. The average Bonchev–Trinajstić information content (AvgIpc) is 3.42. The summed E-state index contributed by atoms with van der Waals surface area (Å²) in [6.07, 6.45) is 0. The molecule has 0 amide bonds. The molecule has 282 valence electrons. The summed E-state index contributed by atoms with van der Waals surface area (Å²) in [6.45, 7) is 0.347. The van der Waals surface area contributed by atoms with Crippen LogP contribution in [0.2, 0.25) is 0 Å². The van der Waals surface area contributed by atoms with Gasteiger partial charge in [0.2, 0.25) is 8.45 Å². The summed E-state index contributed by atoms with van der Waals surface area (Å²) in [5.41, 5.74) is 5.84. The highest BCUT2D eigenvalue weighted by Crippen LogP contribution is 2.74. The van der Waals surface area contributed by atoms with Gasteiger partial charge in [-0.15, -0.1) is 8.88 Å². The second kappa shape index (κ2) is 19.2. The number of benzene rings is 6. The molecule has 6 aromatic rings. The minimum Gasteiger partial charge on any atom is -0.326 e. The third kappa shape index (κ3) is 10.6. The second-order valence-electron chi connectivity index (χ2n) is 12.8. The van der Waals surface area contributed by atoms with E-state index in [1.54, 1.807) is 8.88 Å². The maximum atomic E-state index is 15.8. The highest BCUT2D eigenvalue weighted by molar-refractivity contribution is 7.71. The summed E-state index contributed by atoms with van der Waals surface area (Å²) in [5, 5.41) is 0. The largest absolute Gasteiger partial charge is 0.415 e. The predicted octanol–water partition coefficient (Wildman–Crippen LogP) is 11.8. The highest BCUT2D eigenvalue weighted by Gasteiger charge is 2.51. The number of fused-ring (bicyclic) bond motifs is 1. The molecule has 0 saturated carbocycles. The molecular formula is C43H43N2O7P3. The second-order valence-corrected chi connectivity index (χ2v) is 19.0. The van der Waals surface area contributed by atoms with Crippen molar-refractivity contribution in [2.75, 3.05) is 0 Å². The summed E-state index contributed by atoms with van der Waals surface area (Å²) >= 11 is 0. The summed E-state index contributed by atoms with van der Waals surface area (Å²) in [7, 11) is -10.8. The number of rotatable bonds is 17. The van der Waals surface area contributed by atoms with E-state index in [9.17, 15) is 0 Å². The van der Waals surface area contributed by atoms with Crippen molar-refractivity contribution in [3.63, 3.8) is 0 Å². The zero-order valence-electron chi connectivity index (χ0n) is 30.3. The van der Waals surface area contributed by atoms with Crippen LogP contribution in [0.4, 0.5) is 0 Å². The SMILES string of the molecule is O=P(OCc1ccccc1)(OCc1ccccc1)N1Cc2ccccc2CN(P(=O)(OCc2ccccc2)OCc2ccccc2)P1OCc1ccccc1. The molecule has 9 nitrogen and oxygen atoms in total. The molecule has 7 rings (SSSR count). The van der Waals surface area contributed by atoms with Crippen molar-refractivity contribution >= 4 is 23.9 Å². The molecule has 6 aromatic carbocycles. The Morgan fingerprint density at radius 1 is 0.382 bits per heavy atom. The van der Waals surface area contributed by atoms with Crippen LogP contribution in [0.15, 0.2) is 176 Å². The average molecular weight is 793 g/mol. The summed E-state index contributed by atoms with van der Waals surface area (Å²) in [6, 6.07) is 55.6. The van der Waals surface area contributed by atoms with Crippen LogP contribution in [0.5, 0.6) is 0 Å². The molecule has 0 spiro atoms. The molecular weight excluding hydrogens is 749 g/mol. The first kappa shape index (κ1) is 39.2. The van der Waals surface area contributed by atoms with Gasteiger partial charge in [-0.1, -0.05) is 176 Å². The number of hydrogen-bond acceptors (Lipinski definition) is 7. The molecule has 0 saturated heterocycles. The van der Waals surface area contributed by atoms with Crippen molar-refractivity contribution in [3.8, 4) is 0 Å². The van der Waals surface area contributed by atoms with E-state index in [1.807, 2.05) is 176 Å². The Labute approximate surface area is 324 Å². The first-order valence-electron chi connectivity index (χ1n) is 18.0. The van der Waals surface area contributed by atoms with Crippen molar-refractivity contribution in [1.29, 1.82) is 0 Å². The first-order valence-corrected chi connectivity index (χ1v) is 22.2. The van der Waals surface area contributed by atoms with Crippen molar-refractivity contribution < 1.29 is 31.7 Å². The fourth-order valence-corrected chi connectivity index (χ4v) is 13.0. The van der Waals surface area contributed by atoms with Crippen LogP contribution < -0.4 is 0 Å². The van der Waals surface area contributed by atoms with E-state index in [2.05, 4.69) is 0 Å². The van der Waals surface area contributed by atoms with Crippen LogP contribution in [0.25, 0.3) is 0 Å². The van der Waals surface area contributed by atoms with E-state index >= 15 is 9.13 Å². The van der Waals surface area contributed by atoms with Gasteiger partial charge in [0.1, 0.15) is 0 Å². The van der Waals surface area contributed by atoms with Gasteiger partial charge in [-0.05, 0) is 38.9 Å². The summed E-state index contributed by atoms with van der Waals surface area (Å²) in [5.74, 6) is 0. The molecule has 0 fully saturated rings. The summed E-state index contributed by atoms with van der Waals surface area (Å²) < 4.78 is 67.4. The Balaban J connectivity index is 1.34. The molecule has 0 aromatic heterocycles. The zero-order chi connectivity index (χ0) is 37.8. The van der Waals surface area contributed by atoms with E-state index in [4.69, 9.17) is 22.6 Å². The van der Waals surface area contributed by atoms with Gasteiger partial charge < -0.3 is 4.52 Å². The van der Waals surface area contributed by atoms with Crippen LogP contribution >= 0.6 is 23.9 Å². The van der Waals surface area contributed by atoms with Gasteiger partial charge >= 0.3 is 15.5 Å². The lowest BCUT2D eigenvalue weighted by molar-refractivity contribution is 0.148. The van der Waals surface area contributed by atoms with Gasteiger partial charge in [-0.2, -0.15) is 0 Å². The van der Waals surface area contributed by atoms with Crippen molar-refractivity contribution in [1.82, 2.24) is 8.88 Å². The Morgan fingerprint density at radius 3 is 0.927 bits per heavy atom. The molecule has 1 aliphatic heterocycles. The lowest BCUT2D eigenvalue weighted by Crippen LogP contribution is -2.26. The lowest BCUT2D eigenvalue weighted by Gasteiger charge is -2.40. The molecule has 0 bridgehead atoms. The van der Waals surface area contributed by atoms with Crippen LogP contribution in [0, 0.1) is 0 Å². The molecule has 0 unspecified atom stereocenters. The zero-order valence-corrected chi connectivity index (χ0v) is 33.0. The lowest BCUT2D eigenvalue weighted by atomic mass is 10.1. The Morgan fingerprint density at radius 2 is 0.636 bits per heavy atom.